The third kappa shape index (κ3) is 62.6. The molecule has 456 valence electrons. The van der Waals surface area contributed by atoms with Crippen molar-refractivity contribution in [3.63, 3.8) is 0 Å². The van der Waals surface area contributed by atoms with E-state index in [9.17, 15) is 19.4 Å². The fourth-order valence-electron chi connectivity index (χ4n) is 9.13. The molecular formula is C70H125N2O6P. The first-order chi connectivity index (χ1) is 38.5. The average molecular weight is 1120 g/mol. The summed E-state index contributed by atoms with van der Waals surface area (Å²) in [7, 11) is 1.23. The third-order valence-electron chi connectivity index (χ3n) is 14.2. The zero-order valence-corrected chi connectivity index (χ0v) is 52.9. The third-order valence-corrected chi connectivity index (χ3v) is 15.2. The number of hydrogen-bond acceptors (Lipinski definition) is 6. The lowest BCUT2D eigenvalue weighted by molar-refractivity contribution is -0.870. The van der Waals surface area contributed by atoms with Crippen molar-refractivity contribution in [2.45, 2.75) is 289 Å². The largest absolute Gasteiger partial charge is 0.756 e. The number of amides is 1. The van der Waals surface area contributed by atoms with Crippen molar-refractivity contribution in [3.8, 4) is 0 Å². The van der Waals surface area contributed by atoms with Gasteiger partial charge in [-0.15, -0.1) is 0 Å². The minimum Gasteiger partial charge on any atom is -0.756 e. The summed E-state index contributed by atoms with van der Waals surface area (Å²) in [5, 5.41) is 13.9. The summed E-state index contributed by atoms with van der Waals surface area (Å²) >= 11 is 0. The van der Waals surface area contributed by atoms with E-state index in [2.05, 4.69) is 116 Å². The molecule has 3 atom stereocenters. The smallest absolute Gasteiger partial charge is 0.268 e. The van der Waals surface area contributed by atoms with Gasteiger partial charge in [0.25, 0.3) is 7.82 Å². The SMILES string of the molecule is CC/C=C\C/C=C\C/C=C\C/C=C\C/C=C\C/C=C\CCCCCCCCCCCCCCCCCCCCCCCCC(=O)NC(COP(=O)([O-])OCC[N+](C)(C)C)C(O)/C=C/CC/C=C/CC/C=C/CCCCCCCC. The van der Waals surface area contributed by atoms with Crippen LogP contribution in [0, 0.1) is 0 Å². The molecule has 0 saturated heterocycles. The summed E-state index contributed by atoms with van der Waals surface area (Å²) < 4.78 is 23.3. The fraction of sp³-hybridized carbons (Fsp3) is 0.729. The number of unbranched alkanes of at least 4 members (excludes halogenated alkanes) is 30. The van der Waals surface area contributed by atoms with E-state index in [-0.39, 0.29) is 12.5 Å². The highest BCUT2D eigenvalue weighted by molar-refractivity contribution is 7.45. The minimum absolute atomic E-state index is 0.0111. The van der Waals surface area contributed by atoms with Crippen LogP contribution in [0.5, 0.6) is 0 Å². The number of nitrogens with one attached hydrogen (secondary N) is 1. The maximum absolute atomic E-state index is 13.0. The van der Waals surface area contributed by atoms with Crippen molar-refractivity contribution in [1.82, 2.24) is 5.32 Å². The zero-order chi connectivity index (χ0) is 57.7. The number of hydrogen-bond donors (Lipinski definition) is 2. The van der Waals surface area contributed by atoms with Gasteiger partial charge in [0.2, 0.25) is 5.91 Å². The Kier molecular flexibility index (Phi) is 57.6. The molecule has 0 aliphatic rings. The average Bonchev–Trinajstić information content (AvgIpc) is 3.42. The maximum Gasteiger partial charge on any atom is 0.268 e. The number of nitrogens with zero attached hydrogens (tertiary/aromatic N) is 1. The molecule has 0 saturated carbocycles. The topological polar surface area (TPSA) is 108 Å². The maximum atomic E-state index is 13.0. The summed E-state index contributed by atoms with van der Waals surface area (Å²) in [6, 6.07) is -0.913. The van der Waals surface area contributed by atoms with Crippen molar-refractivity contribution in [1.29, 1.82) is 0 Å². The van der Waals surface area contributed by atoms with Crippen LogP contribution in [0.4, 0.5) is 0 Å². The monoisotopic (exact) mass is 1120 g/mol. The number of aliphatic hydroxyl groups excluding tert-OH is 1. The molecular weight excluding hydrogens is 996 g/mol. The van der Waals surface area contributed by atoms with Gasteiger partial charge in [0.1, 0.15) is 13.2 Å². The van der Waals surface area contributed by atoms with Crippen LogP contribution in [-0.4, -0.2) is 68.5 Å². The normalized spacial score (nSPS) is 14.5. The molecule has 0 aromatic heterocycles. The molecule has 0 rings (SSSR count). The molecule has 0 spiro atoms. The molecule has 0 heterocycles. The molecule has 9 heteroatoms. The van der Waals surface area contributed by atoms with E-state index in [1.54, 1.807) is 6.08 Å². The van der Waals surface area contributed by atoms with Crippen LogP contribution < -0.4 is 10.2 Å². The van der Waals surface area contributed by atoms with E-state index < -0.39 is 26.6 Å². The quantitative estimate of drug-likeness (QED) is 0.0272. The molecule has 3 unspecified atom stereocenters. The van der Waals surface area contributed by atoms with Crippen molar-refractivity contribution < 1.29 is 32.9 Å². The summed E-state index contributed by atoms with van der Waals surface area (Å²) in [5.41, 5.74) is 0. The van der Waals surface area contributed by atoms with E-state index in [0.717, 1.165) is 83.5 Å². The highest BCUT2D eigenvalue weighted by Crippen LogP contribution is 2.38. The van der Waals surface area contributed by atoms with Gasteiger partial charge in [0, 0.05) is 6.42 Å². The predicted molar refractivity (Wildman–Crippen MR) is 343 cm³/mol. The molecule has 2 N–H and O–H groups in total. The number of rotatable bonds is 59. The van der Waals surface area contributed by atoms with E-state index in [1.165, 1.54) is 173 Å². The number of carbonyl (C=O) groups excluding carboxylic acids is 1. The highest BCUT2D eigenvalue weighted by atomic mass is 31.2. The van der Waals surface area contributed by atoms with Crippen molar-refractivity contribution in [2.24, 2.45) is 0 Å². The number of likely N-dealkylation sites (N-methyl/N-ethyl adjacent to an activating group) is 1. The number of aliphatic hydroxyl groups is 1. The van der Waals surface area contributed by atoms with Gasteiger partial charge in [-0.1, -0.05) is 284 Å². The van der Waals surface area contributed by atoms with Gasteiger partial charge in [-0.3, -0.25) is 9.36 Å². The van der Waals surface area contributed by atoms with Crippen LogP contribution >= 0.6 is 7.82 Å². The molecule has 0 aromatic rings. The fourth-order valence-corrected chi connectivity index (χ4v) is 9.85. The Balaban J connectivity index is 3.97. The van der Waals surface area contributed by atoms with Crippen molar-refractivity contribution in [2.75, 3.05) is 40.9 Å². The van der Waals surface area contributed by atoms with E-state index in [4.69, 9.17) is 9.05 Å². The zero-order valence-electron chi connectivity index (χ0n) is 52.0. The van der Waals surface area contributed by atoms with Crippen molar-refractivity contribution >= 4 is 13.7 Å². The number of phosphoric acid groups is 1. The first-order valence-electron chi connectivity index (χ1n) is 32.7. The van der Waals surface area contributed by atoms with Gasteiger partial charge in [-0.05, 0) is 96.3 Å². The van der Waals surface area contributed by atoms with Gasteiger partial charge < -0.3 is 28.8 Å². The van der Waals surface area contributed by atoms with Gasteiger partial charge in [0.15, 0.2) is 0 Å². The van der Waals surface area contributed by atoms with E-state index in [1.807, 2.05) is 27.2 Å². The lowest BCUT2D eigenvalue weighted by Crippen LogP contribution is -2.45. The van der Waals surface area contributed by atoms with Crippen LogP contribution in [0.15, 0.2) is 109 Å². The Labute approximate surface area is 489 Å². The Morgan fingerprint density at radius 3 is 1.18 bits per heavy atom. The van der Waals surface area contributed by atoms with E-state index in [0.29, 0.717) is 17.4 Å². The second-order valence-corrected chi connectivity index (χ2v) is 24.5. The van der Waals surface area contributed by atoms with Crippen LogP contribution in [-0.2, 0) is 18.4 Å². The van der Waals surface area contributed by atoms with Gasteiger partial charge in [0.05, 0.1) is 39.9 Å². The van der Waals surface area contributed by atoms with Gasteiger partial charge in [-0.25, -0.2) is 0 Å². The number of phosphoric ester groups is 1. The molecule has 0 aliphatic heterocycles. The number of carbonyl (C=O) groups is 1. The first kappa shape index (κ1) is 76.2. The van der Waals surface area contributed by atoms with Crippen LogP contribution in [0.3, 0.4) is 0 Å². The number of quaternary nitrogens is 1. The molecule has 0 aromatic carbocycles. The van der Waals surface area contributed by atoms with Crippen LogP contribution in [0.2, 0.25) is 0 Å². The summed E-state index contributed by atoms with van der Waals surface area (Å²) in [6.07, 6.45) is 87.8. The second kappa shape index (κ2) is 59.8. The Morgan fingerprint density at radius 2 is 0.785 bits per heavy atom. The Bertz CT molecular complexity index is 1650. The Hall–Kier alpha value is -2.84. The standard InChI is InChI=1S/C70H125N2O6P/c1-6-8-10-12-14-16-18-20-22-24-25-26-27-28-29-30-31-32-33-34-35-36-37-38-39-40-41-42-43-44-45-46-47-48-50-52-54-56-58-60-62-64-70(74)71-68(67-78-79(75,76)77-66-65-72(3,4)5)69(73)63-61-59-57-55-53-51-49-23-21-19-17-15-13-11-9-7-2/h8,10,14,16,20-23,25-26,28-29,31-32,53,55,61,63,68-69,73H,6-7,9,11-13,15,17-19,24,27,30,33-52,54,56-60,62,64-67H2,1-5H3,(H-,71,74,75,76)/b10-8-,16-14-,22-20-,23-21+,26-25-,29-28-,32-31-,55-53+,63-61+. The highest BCUT2D eigenvalue weighted by Gasteiger charge is 2.23. The molecule has 79 heavy (non-hydrogen) atoms. The van der Waals surface area contributed by atoms with Crippen molar-refractivity contribution in [3.05, 3.63) is 109 Å². The summed E-state index contributed by atoms with van der Waals surface area (Å²) in [4.78, 5) is 25.5. The molecule has 0 bridgehead atoms. The van der Waals surface area contributed by atoms with Crippen LogP contribution in [0.25, 0.3) is 0 Å². The first-order valence-corrected chi connectivity index (χ1v) is 34.2. The number of allylic oxidation sites excluding steroid dienone is 17. The molecule has 8 nitrogen and oxygen atoms in total. The van der Waals surface area contributed by atoms with Gasteiger partial charge >= 0.3 is 0 Å². The predicted octanol–water partition coefficient (Wildman–Crippen LogP) is 20.1. The minimum atomic E-state index is -4.61. The Morgan fingerprint density at radius 1 is 0.456 bits per heavy atom. The van der Waals surface area contributed by atoms with Crippen LogP contribution in [0.1, 0.15) is 277 Å². The molecule has 0 fully saturated rings. The summed E-state index contributed by atoms with van der Waals surface area (Å²) in [6.45, 7) is 4.50. The van der Waals surface area contributed by atoms with Gasteiger partial charge in [-0.2, -0.15) is 0 Å². The molecule has 0 aliphatic carbocycles. The lowest BCUT2D eigenvalue weighted by atomic mass is 10.0. The summed E-state index contributed by atoms with van der Waals surface area (Å²) in [5.74, 6) is -0.211. The molecule has 1 amide bonds. The van der Waals surface area contributed by atoms with E-state index >= 15 is 0 Å². The lowest BCUT2D eigenvalue weighted by Gasteiger charge is -2.29. The molecule has 0 radical (unpaired) electrons. The second-order valence-electron chi connectivity index (χ2n) is 23.1.